The SMILES string of the molecule is C=CCN(Cc1cccs1)C(=O)C1CCCN(C(=O)Nc2ccccc2)C1. The van der Waals surface area contributed by atoms with E-state index in [1.807, 2.05) is 52.7 Å². The first-order chi connectivity index (χ1) is 13.2. The van der Waals surface area contributed by atoms with Crippen molar-refractivity contribution >= 4 is 29.0 Å². The lowest BCUT2D eigenvalue weighted by molar-refractivity contribution is -0.136. The summed E-state index contributed by atoms with van der Waals surface area (Å²) in [5.74, 6) is -0.0688. The third kappa shape index (κ3) is 5.20. The second-order valence-electron chi connectivity index (χ2n) is 6.67. The zero-order valence-corrected chi connectivity index (χ0v) is 16.2. The quantitative estimate of drug-likeness (QED) is 0.760. The van der Waals surface area contributed by atoms with Crippen molar-refractivity contribution in [2.45, 2.75) is 19.4 Å². The van der Waals surface area contributed by atoms with Gasteiger partial charge in [-0.25, -0.2) is 4.79 Å². The van der Waals surface area contributed by atoms with Crippen molar-refractivity contribution in [3.8, 4) is 0 Å². The number of carbonyl (C=O) groups excluding carboxylic acids is 2. The Bertz CT molecular complexity index is 761. The maximum Gasteiger partial charge on any atom is 0.321 e. The molecule has 27 heavy (non-hydrogen) atoms. The second kappa shape index (κ2) is 9.37. The molecule has 1 N–H and O–H groups in total. The number of nitrogens with zero attached hydrogens (tertiary/aromatic N) is 2. The minimum absolute atomic E-state index is 0.0977. The van der Waals surface area contributed by atoms with E-state index in [2.05, 4.69) is 11.9 Å². The molecule has 1 fully saturated rings. The lowest BCUT2D eigenvalue weighted by Gasteiger charge is -2.34. The average molecular weight is 384 g/mol. The Kier molecular flexibility index (Phi) is 6.65. The van der Waals surface area contributed by atoms with Gasteiger partial charge in [0.2, 0.25) is 5.91 Å². The molecule has 1 aliphatic rings. The number of hydrogen-bond donors (Lipinski definition) is 1. The monoisotopic (exact) mass is 383 g/mol. The van der Waals surface area contributed by atoms with E-state index in [0.717, 1.165) is 23.4 Å². The molecule has 0 spiro atoms. The molecule has 5 nitrogen and oxygen atoms in total. The standard InChI is InChI=1S/C21H25N3O2S/c1-2-12-23(16-19-11-7-14-27-19)20(25)17-8-6-13-24(15-17)21(26)22-18-9-4-3-5-10-18/h2-5,7,9-11,14,17H,1,6,8,12-13,15-16H2,(H,22,26). The van der Waals surface area contributed by atoms with Gasteiger partial charge in [-0.3, -0.25) is 4.79 Å². The highest BCUT2D eigenvalue weighted by molar-refractivity contribution is 7.09. The van der Waals surface area contributed by atoms with Crippen LogP contribution in [0.15, 0.2) is 60.5 Å². The molecule has 3 amide bonds. The summed E-state index contributed by atoms with van der Waals surface area (Å²) < 4.78 is 0. The molecule has 142 valence electrons. The molecule has 6 heteroatoms. The maximum absolute atomic E-state index is 13.1. The van der Waals surface area contributed by atoms with Gasteiger partial charge in [-0.2, -0.15) is 0 Å². The predicted octanol–water partition coefficient (Wildman–Crippen LogP) is 4.21. The van der Waals surface area contributed by atoms with Crippen molar-refractivity contribution in [2.75, 3.05) is 25.0 Å². The molecule has 1 saturated heterocycles. The second-order valence-corrected chi connectivity index (χ2v) is 7.70. The molecule has 0 aliphatic carbocycles. The molecule has 2 aromatic rings. The molecule has 3 rings (SSSR count). The van der Waals surface area contributed by atoms with Crippen LogP contribution in [0, 0.1) is 5.92 Å². The number of para-hydroxylation sites is 1. The van der Waals surface area contributed by atoms with Gasteiger partial charge < -0.3 is 15.1 Å². The van der Waals surface area contributed by atoms with Gasteiger partial charge in [-0.1, -0.05) is 30.3 Å². The van der Waals surface area contributed by atoms with E-state index in [1.54, 1.807) is 22.3 Å². The minimum Gasteiger partial charge on any atom is -0.334 e. The number of piperidine rings is 1. The summed E-state index contributed by atoms with van der Waals surface area (Å²) in [6, 6.07) is 13.3. The number of amides is 3. The summed E-state index contributed by atoms with van der Waals surface area (Å²) in [5, 5.41) is 4.93. The van der Waals surface area contributed by atoms with Crippen molar-refractivity contribution in [3.05, 3.63) is 65.4 Å². The van der Waals surface area contributed by atoms with Gasteiger partial charge in [-0.05, 0) is 36.4 Å². The van der Waals surface area contributed by atoms with Gasteiger partial charge in [-0.15, -0.1) is 17.9 Å². The Morgan fingerprint density at radius 2 is 2.07 bits per heavy atom. The third-order valence-electron chi connectivity index (χ3n) is 4.67. The number of anilines is 1. The Labute approximate surface area is 164 Å². The van der Waals surface area contributed by atoms with Gasteiger partial charge in [0.15, 0.2) is 0 Å². The summed E-state index contributed by atoms with van der Waals surface area (Å²) >= 11 is 1.65. The zero-order valence-electron chi connectivity index (χ0n) is 15.3. The van der Waals surface area contributed by atoms with Gasteiger partial charge in [0.1, 0.15) is 0 Å². The van der Waals surface area contributed by atoms with Crippen LogP contribution in [0.1, 0.15) is 17.7 Å². The number of urea groups is 1. The molecule has 0 radical (unpaired) electrons. The number of rotatable bonds is 6. The first kappa shape index (κ1) is 19.2. The number of nitrogens with one attached hydrogen (secondary N) is 1. The first-order valence-corrected chi connectivity index (χ1v) is 10.1. The Balaban J connectivity index is 1.62. The van der Waals surface area contributed by atoms with Crippen LogP contribution in [-0.2, 0) is 11.3 Å². The summed E-state index contributed by atoms with van der Waals surface area (Å²) in [6.45, 7) is 6.02. The van der Waals surface area contributed by atoms with Gasteiger partial charge >= 0.3 is 6.03 Å². The Hall–Kier alpha value is -2.60. The highest BCUT2D eigenvalue weighted by atomic mass is 32.1. The van der Waals surface area contributed by atoms with Crippen LogP contribution >= 0.6 is 11.3 Å². The number of benzene rings is 1. The fourth-order valence-electron chi connectivity index (χ4n) is 3.32. The van der Waals surface area contributed by atoms with E-state index in [9.17, 15) is 9.59 Å². The normalized spacial score (nSPS) is 16.6. The van der Waals surface area contributed by atoms with Crippen LogP contribution in [0.5, 0.6) is 0 Å². The molecule has 1 aromatic carbocycles. The summed E-state index contributed by atoms with van der Waals surface area (Å²) in [7, 11) is 0. The van der Waals surface area contributed by atoms with Crippen LogP contribution in [0.2, 0.25) is 0 Å². The molecule has 0 saturated carbocycles. The molecule has 1 unspecified atom stereocenters. The summed E-state index contributed by atoms with van der Waals surface area (Å²) in [6.07, 6.45) is 3.40. The predicted molar refractivity (Wildman–Crippen MR) is 110 cm³/mol. The number of carbonyl (C=O) groups is 2. The van der Waals surface area contributed by atoms with Crippen molar-refractivity contribution < 1.29 is 9.59 Å². The van der Waals surface area contributed by atoms with Crippen molar-refractivity contribution in [2.24, 2.45) is 5.92 Å². The van der Waals surface area contributed by atoms with Gasteiger partial charge in [0.05, 0.1) is 12.5 Å². The number of likely N-dealkylation sites (tertiary alicyclic amines) is 1. The van der Waals surface area contributed by atoms with Crippen molar-refractivity contribution in [1.29, 1.82) is 0 Å². The minimum atomic E-state index is -0.166. The van der Waals surface area contributed by atoms with Crippen LogP contribution in [0.4, 0.5) is 10.5 Å². The van der Waals surface area contributed by atoms with Crippen molar-refractivity contribution in [1.82, 2.24) is 9.80 Å². The number of thiophene rings is 1. The maximum atomic E-state index is 13.1. The molecule has 1 aliphatic heterocycles. The van der Waals surface area contributed by atoms with Crippen LogP contribution in [0.3, 0.4) is 0 Å². The van der Waals surface area contributed by atoms with E-state index in [-0.39, 0.29) is 17.9 Å². The first-order valence-electron chi connectivity index (χ1n) is 9.20. The average Bonchev–Trinajstić information content (AvgIpc) is 3.21. The highest BCUT2D eigenvalue weighted by Gasteiger charge is 2.31. The van der Waals surface area contributed by atoms with Crippen LogP contribution < -0.4 is 5.32 Å². The molecule has 2 heterocycles. The fraction of sp³-hybridized carbons (Fsp3) is 0.333. The van der Waals surface area contributed by atoms with E-state index >= 15 is 0 Å². The van der Waals surface area contributed by atoms with Crippen LogP contribution in [-0.4, -0.2) is 41.4 Å². The zero-order chi connectivity index (χ0) is 19.1. The summed E-state index contributed by atoms with van der Waals surface area (Å²) in [5.41, 5.74) is 0.766. The lowest BCUT2D eigenvalue weighted by atomic mass is 9.96. The molecular formula is C21H25N3O2S. The molecular weight excluding hydrogens is 358 g/mol. The highest BCUT2D eigenvalue weighted by Crippen LogP contribution is 2.22. The molecule has 1 atom stereocenters. The van der Waals surface area contributed by atoms with Gasteiger partial charge in [0.25, 0.3) is 0 Å². The largest absolute Gasteiger partial charge is 0.334 e. The fourth-order valence-corrected chi connectivity index (χ4v) is 4.04. The smallest absolute Gasteiger partial charge is 0.321 e. The lowest BCUT2D eigenvalue weighted by Crippen LogP contribution is -2.47. The summed E-state index contributed by atoms with van der Waals surface area (Å²) in [4.78, 5) is 30.4. The van der Waals surface area contributed by atoms with E-state index in [4.69, 9.17) is 0 Å². The van der Waals surface area contributed by atoms with Crippen molar-refractivity contribution in [3.63, 3.8) is 0 Å². The Morgan fingerprint density at radius 3 is 2.78 bits per heavy atom. The Morgan fingerprint density at radius 1 is 1.26 bits per heavy atom. The third-order valence-corrected chi connectivity index (χ3v) is 5.53. The molecule has 1 aromatic heterocycles. The van der Waals surface area contributed by atoms with E-state index in [0.29, 0.717) is 26.2 Å². The van der Waals surface area contributed by atoms with E-state index in [1.165, 1.54) is 0 Å². The topological polar surface area (TPSA) is 52.7 Å². The van der Waals surface area contributed by atoms with E-state index < -0.39 is 0 Å². The van der Waals surface area contributed by atoms with Crippen LogP contribution in [0.25, 0.3) is 0 Å². The van der Waals surface area contributed by atoms with Gasteiger partial charge in [0, 0.05) is 30.2 Å². The number of hydrogen-bond acceptors (Lipinski definition) is 3. The molecule has 0 bridgehead atoms.